The second-order valence-electron chi connectivity index (χ2n) is 12.2. The van der Waals surface area contributed by atoms with Crippen molar-refractivity contribution in [1.29, 1.82) is 5.26 Å². The fourth-order valence-electron chi connectivity index (χ4n) is 6.18. The molecule has 45 heavy (non-hydrogen) atoms. The number of likely N-dealkylation sites (tertiary alicyclic amines) is 1. The molecule has 0 spiro atoms. The monoisotopic (exact) mass is 640 g/mol. The SMILES string of the molecule is C=C(F)C(=O)N1CCN(c2nc(OCC3CCC(C)(C)N3C)nc(CCCc3ccccc3Cl)c2CCC)CC1CC#N.CC. The van der Waals surface area contributed by atoms with Crippen molar-refractivity contribution in [1.82, 2.24) is 19.8 Å². The number of nitrogens with zero attached hydrogens (tertiary/aromatic N) is 6. The molecule has 2 aliphatic rings. The normalized spacial score (nSPS) is 19.4. The fraction of sp³-hybridized carbons (Fsp3) is 0.600. The Balaban J connectivity index is 0.00000271. The second-order valence-corrected chi connectivity index (χ2v) is 12.6. The van der Waals surface area contributed by atoms with Crippen LogP contribution in [0.1, 0.15) is 83.5 Å². The summed E-state index contributed by atoms with van der Waals surface area (Å²) < 4.78 is 20.1. The number of benzene rings is 1. The van der Waals surface area contributed by atoms with Crippen molar-refractivity contribution in [3.8, 4) is 12.1 Å². The van der Waals surface area contributed by atoms with Gasteiger partial charge >= 0.3 is 6.01 Å². The van der Waals surface area contributed by atoms with E-state index < -0.39 is 17.8 Å². The van der Waals surface area contributed by atoms with E-state index in [1.54, 1.807) is 0 Å². The number of carbonyl (C=O) groups is 1. The van der Waals surface area contributed by atoms with Crippen molar-refractivity contribution in [2.45, 2.75) is 104 Å². The standard InChI is InChI=1S/C33H44ClFN6O2.C2H6/c1-6-10-27-29(14-9-12-24-11-7-8-13-28(24)34)37-32(43-22-26-15-17-33(3,4)39(26)5)38-30(27)40-19-20-41(31(42)23(2)35)25(21-40)16-18-36;1-2/h7-8,11,13,25-26H,2,6,9-10,12,14-17,19-22H2,1,3-5H3;1-2H3. The quantitative estimate of drug-likeness (QED) is 0.232. The topological polar surface area (TPSA) is 85.6 Å². The Morgan fingerprint density at radius 2 is 1.91 bits per heavy atom. The van der Waals surface area contributed by atoms with Crippen LogP contribution in [0, 0.1) is 11.3 Å². The highest BCUT2D eigenvalue weighted by Crippen LogP contribution is 2.33. The van der Waals surface area contributed by atoms with Crippen LogP contribution in [-0.2, 0) is 24.1 Å². The first-order valence-corrected chi connectivity index (χ1v) is 16.7. The number of amides is 1. The Kier molecular flexibility index (Phi) is 13.6. The molecule has 4 rings (SSSR count). The largest absolute Gasteiger partial charge is 0.462 e. The molecule has 2 atom stereocenters. The lowest BCUT2D eigenvalue weighted by Crippen LogP contribution is -2.55. The van der Waals surface area contributed by atoms with Crippen LogP contribution in [0.15, 0.2) is 36.7 Å². The molecule has 2 aromatic rings. The van der Waals surface area contributed by atoms with Crippen molar-refractivity contribution in [2.24, 2.45) is 0 Å². The van der Waals surface area contributed by atoms with Gasteiger partial charge in [0, 0.05) is 41.8 Å². The third kappa shape index (κ3) is 9.17. The van der Waals surface area contributed by atoms with E-state index in [9.17, 15) is 14.4 Å². The number of likely N-dealkylation sites (N-methyl/N-ethyl adjacent to an activating group) is 1. The molecular formula is C35H50ClFN6O2. The summed E-state index contributed by atoms with van der Waals surface area (Å²) in [7, 11) is 2.14. The molecule has 3 heterocycles. The van der Waals surface area contributed by atoms with E-state index in [2.05, 4.69) is 56.3 Å². The Hall–Kier alpha value is -3.22. The minimum Gasteiger partial charge on any atom is -0.462 e. The van der Waals surface area contributed by atoms with Crippen LogP contribution in [0.4, 0.5) is 10.2 Å². The van der Waals surface area contributed by atoms with Gasteiger partial charge in [0.25, 0.3) is 5.91 Å². The summed E-state index contributed by atoms with van der Waals surface area (Å²) in [5.74, 6) is -1.00. The Bertz CT molecular complexity index is 1350. The molecule has 2 unspecified atom stereocenters. The summed E-state index contributed by atoms with van der Waals surface area (Å²) >= 11 is 6.43. The van der Waals surface area contributed by atoms with E-state index in [1.807, 2.05) is 32.0 Å². The van der Waals surface area contributed by atoms with Crippen LogP contribution in [0.5, 0.6) is 6.01 Å². The molecule has 0 saturated carbocycles. The number of nitriles is 1. The predicted molar refractivity (Wildman–Crippen MR) is 179 cm³/mol. The smallest absolute Gasteiger partial charge is 0.318 e. The van der Waals surface area contributed by atoms with E-state index in [4.69, 9.17) is 26.3 Å². The van der Waals surface area contributed by atoms with Gasteiger partial charge in [0.15, 0.2) is 5.83 Å². The summed E-state index contributed by atoms with van der Waals surface area (Å²) in [5, 5.41) is 10.3. The molecule has 10 heteroatoms. The van der Waals surface area contributed by atoms with Crippen LogP contribution in [0.2, 0.25) is 5.02 Å². The van der Waals surface area contributed by atoms with Gasteiger partial charge in [-0.05, 0) is 71.0 Å². The summed E-state index contributed by atoms with van der Waals surface area (Å²) in [5.41, 5.74) is 3.22. The van der Waals surface area contributed by atoms with Crippen LogP contribution in [-0.4, -0.2) is 76.6 Å². The first kappa shape index (κ1) is 36.3. The fourth-order valence-corrected chi connectivity index (χ4v) is 6.41. The molecule has 0 aliphatic carbocycles. The van der Waals surface area contributed by atoms with Gasteiger partial charge in [-0.1, -0.05) is 63.6 Å². The van der Waals surface area contributed by atoms with Crippen molar-refractivity contribution in [2.75, 3.05) is 38.2 Å². The van der Waals surface area contributed by atoms with Gasteiger partial charge in [-0.2, -0.15) is 15.2 Å². The molecule has 0 N–H and O–H groups in total. The molecule has 246 valence electrons. The van der Waals surface area contributed by atoms with E-state index in [-0.39, 0.29) is 24.5 Å². The zero-order valence-electron chi connectivity index (χ0n) is 27.9. The highest BCUT2D eigenvalue weighted by Gasteiger charge is 2.37. The first-order chi connectivity index (χ1) is 21.6. The highest BCUT2D eigenvalue weighted by molar-refractivity contribution is 6.31. The summed E-state index contributed by atoms with van der Waals surface area (Å²) in [6, 6.07) is 10.2. The molecule has 0 radical (unpaired) electrons. The molecule has 2 fully saturated rings. The number of anilines is 1. The maximum Gasteiger partial charge on any atom is 0.318 e. The average molecular weight is 641 g/mol. The molecule has 1 amide bonds. The number of aryl methyl sites for hydroxylation is 2. The number of carbonyl (C=O) groups excluding carboxylic acids is 1. The Morgan fingerprint density at radius 3 is 2.53 bits per heavy atom. The summed E-state index contributed by atoms with van der Waals surface area (Å²) in [6.45, 7) is 15.4. The Labute approximate surface area is 274 Å². The molecule has 2 saturated heterocycles. The third-order valence-corrected chi connectivity index (χ3v) is 9.34. The summed E-state index contributed by atoms with van der Waals surface area (Å²) in [4.78, 5) is 28.3. The van der Waals surface area contributed by atoms with Crippen molar-refractivity contribution in [3.63, 3.8) is 0 Å². The third-order valence-electron chi connectivity index (χ3n) is 8.97. The lowest BCUT2D eigenvalue weighted by Gasteiger charge is -2.41. The van der Waals surface area contributed by atoms with E-state index in [1.165, 1.54) is 4.90 Å². The number of hydrogen-bond donors (Lipinski definition) is 0. The molecule has 0 bridgehead atoms. The zero-order valence-corrected chi connectivity index (χ0v) is 28.7. The second kappa shape index (κ2) is 16.9. The number of ether oxygens (including phenoxy) is 1. The molecule has 1 aromatic heterocycles. The van der Waals surface area contributed by atoms with Crippen LogP contribution in [0.3, 0.4) is 0 Å². The number of hydrogen-bond acceptors (Lipinski definition) is 7. The lowest BCUT2D eigenvalue weighted by molar-refractivity contribution is -0.131. The summed E-state index contributed by atoms with van der Waals surface area (Å²) in [6.07, 6.45) is 6.31. The van der Waals surface area contributed by atoms with Gasteiger partial charge in [0.2, 0.25) is 0 Å². The van der Waals surface area contributed by atoms with Gasteiger partial charge in [-0.3, -0.25) is 9.69 Å². The minimum absolute atomic E-state index is 0.0849. The molecular weight excluding hydrogens is 591 g/mol. The van der Waals surface area contributed by atoms with Crippen molar-refractivity contribution < 1.29 is 13.9 Å². The number of rotatable bonds is 12. The van der Waals surface area contributed by atoms with Crippen LogP contribution >= 0.6 is 11.6 Å². The number of aromatic nitrogens is 2. The minimum atomic E-state index is -1.01. The van der Waals surface area contributed by atoms with E-state index in [0.29, 0.717) is 25.7 Å². The van der Waals surface area contributed by atoms with Gasteiger partial charge in [-0.15, -0.1) is 0 Å². The molecule has 1 aromatic carbocycles. The average Bonchev–Trinajstić information content (AvgIpc) is 3.29. The zero-order chi connectivity index (χ0) is 33.1. The lowest BCUT2D eigenvalue weighted by atomic mass is 10.0. The van der Waals surface area contributed by atoms with Crippen molar-refractivity contribution in [3.05, 3.63) is 58.5 Å². The maximum absolute atomic E-state index is 13.8. The van der Waals surface area contributed by atoms with E-state index >= 15 is 0 Å². The predicted octanol–water partition coefficient (Wildman–Crippen LogP) is 6.95. The number of halogens is 2. The van der Waals surface area contributed by atoms with Crippen LogP contribution in [0.25, 0.3) is 0 Å². The maximum atomic E-state index is 13.8. The van der Waals surface area contributed by atoms with Gasteiger partial charge < -0.3 is 14.5 Å². The Morgan fingerprint density at radius 1 is 1.18 bits per heavy atom. The molecule has 2 aliphatic heterocycles. The van der Waals surface area contributed by atoms with Gasteiger partial charge in [-0.25, -0.2) is 4.39 Å². The van der Waals surface area contributed by atoms with Gasteiger partial charge in [0.05, 0.1) is 24.2 Å². The van der Waals surface area contributed by atoms with E-state index in [0.717, 1.165) is 72.6 Å². The highest BCUT2D eigenvalue weighted by atomic mass is 35.5. The van der Waals surface area contributed by atoms with Crippen LogP contribution < -0.4 is 9.64 Å². The number of piperazine rings is 1. The van der Waals surface area contributed by atoms with Gasteiger partial charge in [0.1, 0.15) is 12.4 Å². The molecule has 8 nitrogen and oxygen atoms in total. The first-order valence-electron chi connectivity index (χ1n) is 16.3. The van der Waals surface area contributed by atoms with Crippen molar-refractivity contribution >= 4 is 23.3 Å².